The highest BCUT2D eigenvalue weighted by Crippen LogP contribution is 2.76. The predicted molar refractivity (Wildman–Crippen MR) is 226 cm³/mol. The summed E-state index contributed by atoms with van der Waals surface area (Å²) in [6.45, 7) is 15.2. The van der Waals surface area contributed by atoms with Crippen LogP contribution in [0.25, 0.3) is 0 Å². The van der Waals surface area contributed by atoms with E-state index >= 15 is 4.79 Å². The first-order valence-electron chi connectivity index (χ1n) is 23.8. The lowest BCUT2D eigenvalue weighted by molar-refractivity contribution is -0.373. The maximum Gasteiger partial charge on any atom is 0.317 e. The van der Waals surface area contributed by atoms with E-state index in [2.05, 4.69) is 40.7 Å². The van der Waals surface area contributed by atoms with Crippen LogP contribution < -0.4 is 0 Å². The van der Waals surface area contributed by atoms with Crippen molar-refractivity contribution in [2.24, 2.45) is 50.2 Å². The summed E-state index contributed by atoms with van der Waals surface area (Å²) in [6, 6.07) is 0. The van der Waals surface area contributed by atoms with Gasteiger partial charge in [-0.3, -0.25) is 4.79 Å². The van der Waals surface area contributed by atoms with Gasteiger partial charge in [0.15, 0.2) is 18.7 Å². The van der Waals surface area contributed by atoms with E-state index in [0.29, 0.717) is 32.1 Å². The minimum absolute atomic E-state index is 0.0243. The summed E-state index contributed by atoms with van der Waals surface area (Å²) < 4.78 is 35.4. The van der Waals surface area contributed by atoms with Gasteiger partial charge in [-0.05, 0) is 105 Å². The molecular weight excluding hydrogens is 852 g/mol. The quantitative estimate of drug-likeness (QED) is 0.116. The fourth-order valence-corrected chi connectivity index (χ4v) is 14.8. The maximum atomic E-state index is 15.2. The predicted octanol–water partition coefficient (Wildman–Crippen LogP) is -0.251. The van der Waals surface area contributed by atoms with Crippen LogP contribution in [0.2, 0.25) is 0 Å². The van der Waals surface area contributed by atoms with Crippen molar-refractivity contribution in [3.8, 4) is 0 Å². The average molecular weight is 929 g/mol. The second-order valence-corrected chi connectivity index (χ2v) is 23.1. The van der Waals surface area contributed by atoms with Crippen molar-refractivity contribution < 1.29 is 89.4 Å². The highest BCUT2D eigenvalue weighted by Gasteiger charge is 2.73. The number of fused-ring (bicyclic) bond motifs is 7. The van der Waals surface area contributed by atoms with E-state index in [1.807, 2.05) is 6.92 Å². The molecule has 18 heteroatoms. The molecule has 0 aromatic heterocycles. The SMILES string of the molecule is C[C@@H]1O[C@@H](O[C@H]2[C@H](OC(=O)C34CCC(C)(C)CC3C3=CC[C@@H]5[C@@]6(C)CC(O)C(O)[C@@](C)(CO)C6CC[C@@]5(C)[C@]3(C)C[C@H]4O)O[C@H](C)[C@H](O)[C@@H]2O)[C@H](O)[C@H](O)[C@H]1O[C@@H]1OC[C@@H](O)[C@H](O)[C@H]1O. The summed E-state index contributed by atoms with van der Waals surface area (Å²) in [6.07, 6.45) is -18.4. The summed E-state index contributed by atoms with van der Waals surface area (Å²) in [5, 5.41) is 121. The molecule has 11 N–H and O–H groups in total. The van der Waals surface area contributed by atoms with Crippen LogP contribution in [0, 0.1) is 50.2 Å². The van der Waals surface area contributed by atoms with Crippen molar-refractivity contribution in [2.75, 3.05) is 13.2 Å². The van der Waals surface area contributed by atoms with E-state index in [1.165, 1.54) is 13.8 Å². The second-order valence-electron chi connectivity index (χ2n) is 23.1. The monoisotopic (exact) mass is 929 g/mol. The molecule has 0 aromatic rings. The standard InChI is InChI=1S/C47H76O18/c1-20-29(52)31(54)36(64-39-34(57)32(55)35(21(2)62-39)63-38-33(56)30(53)25(50)18-60-38)40(61-20)65-41(59)47-14-13-42(3,4)15-23(47)22-9-10-27-43(5)16-24(49)37(58)44(6,19-48)26(43)11-12-45(27,7)46(22,8)17-28(47)51/h9,20-21,23-40,48-58H,10-19H2,1-8H3/t20-,21+,23?,24?,25-,26?,27-,28-,29+,30+,31+,32+,33-,34-,35+,36-,37?,38+,39+,40+,43+,44+,45-,46-,47?/m1/s1. The lowest BCUT2D eigenvalue weighted by atomic mass is 9.33. The van der Waals surface area contributed by atoms with E-state index in [0.717, 1.165) is 12.0 Å². The number of carbonyl (C=O) groups excluding carboxylic acids is 1. The summed E-state index contributed by atoms with van der Waals surface area (Å²) >= 11 is 0. The molecule has 0 aromatic carbocycles. The van der Waals surface area contributed by atoms with Crippen LogP contribution in [0.4, 0.5) is 0 Å². The number of aliphatic hydroxyl groups is 11. The third-order valence-electron chi connectivity index (χ3n) is 19.0. The molecule has 65 heavy (non-hydrogen) atoms. The number of ether oxygens (including phenoxy) is 6. The Morgan fingerprint density at radius 2 is 1.32 bits per heavy atom. The smallest absolute Gasteiger partial charge is 0.317 e. The van der Waals surface area contributed by atoms with Crippen molar-refractivity contribution in [3.05, 3.63) is 11.6 Å². The third-order valence-corrected chi connectivity index (χ3v) is 19.0. The molecule has 8 aliphatic rings. The van der Waals surface area contributed by atoms with Crippen LogP contribution in [-0.2, 0) is 33.2 Å². The van der Waals surface area contributed by atoms with Gasteiger partial charge in [0.05, 0.1) is 43.7 Å². The largest absolute Gasteiger partial charge is 0.432 e. The van der Waals surface area contributed by atoms with Crippen molar-refractivity contribution in [2.45, 2.75) is 211 Å². The van der Waals surface area contributed by atoms with Crippen LogP contribution in [0.5, 0.6) is 0 Å². The molecule has 3 saturated heterocycles. The molecule has 3 aliphatic heterocycles. The Kier molecular flexibility index (Phi) is 13.2. The molecule has 5 unspecified atom stereocenters. The lowest BCUT2D eigenvalue weighted by Gasteiger charge is -2.72. The van der Waals surface area contributed by atoms with Gasteiger partial charge >= 0.3 is 5.97 Å². The van der Waals surface area contributed by atoms with Crippen LogP contribution >= 0.6 is 0 Å². The molecule has 0 radical (unpaired) electrons. The van der Waals surface area contributed by atoms with Gasteiger partial charge < -0.3 is 84.6 Å². The van der Waals surface area contributed by atoms with E-state index in [4.69, 9.17) is 28.4 Å². The normalized spacial score (nSPS) is 56.6. The van der Waals surface area contributed by atoms with Crippen LogP contribution in [-0.4, -0.2) is 180 Å². The number of esters is 1. The van der Waals surface area contributed by atoms with Crippen molar-refractivity contribution in [3.63, 3.8) is 0 Å². The van der Waals surface area contributed by atoms with Gasteiger partial charge in [-0.1, -0.05) is 53.2 Å². The van der Waals surface area contributed by atoms with Gasteiger partial charge in [0.25, 0.3) is 0 Å². The van der Waals surface area contributed by atoms with Gasteiger partial charge in [0.2, 0.25) is 6.29 Å². The molecule has 0 spiro atoms. The Labute approximate surface area is 380 Å². The fourth-order valence-electron chi connectivity index (χ4n) is 14.8. The van der Waals surface area contributed by atoms with E-state index in [9.17, 15) is 56.2 Å². The number of allylic oxidation sites excluding steroid dienone is 2. The molecule has 18 nitrogen and oxygen atoms in total. The first-order chi connectivity index (χ1) is 30.2. The topological polar surface area (TPSA) is 295 Å². The van der Waals surface area contributed by atoms with Gasteiger partial charge in [0.1, 0.15) is 54.2 Å². The number of rotatable bonds is 7. The zero-order valence-electron chi connectivity index (χ0n) is 39.0. The molecule has 4 saturated carbocycles. The van der Waals surface area contributed by atoms with E-state index in [-0.39, 0.29) is 43.3 Å². The molecule has 0 bridgehead atoms. The molecule has 7 fully saturated rings. The molecule has 0 amide bonds. The molecule has 372 valence electrons. The molecule has 5 aliphatic carbocycles. The Morgan fingerprint density at radius 3 is 2.00 bits per heavy atom. The van der Waals surface area contributed by atoms with Gasteiger partial charge in [-0.15, -0.1) is 0 Å². The molecule has 8 rings (SSSR count). The Hall–Kier alpha value is -1.43. The Bertz CT molecular complexity index is 1800. The summed E-state index contributed by atoms with van der Waals surface area (Å²) in [5.74, 6) is -1.28. The molecule has 25 atom stereocenters. The zero-order valence-corrected chi connectivity index (χ0v) is 39.0. The first-order valence-corrected chi connectivity index (χ1v) is 23.8. The van der Waals surface area contributed by atoms with Crippen molar-refractivity contribution in [1.29, 1.82) is 0 Å². The maximum absolute atomic E-state index is 15.2. The van der Waals surface area contributed by atoms with E-state index < -0.39 is 143 Å². The minimum Gasteiger partial charge on any atom is -0.432 e. The lowest BCUT2D eigenvalue weighted by Crippen LogP contribution is -2.70. The number of aliphatic hydroxyl groups excluding tert-OH is 11. The van der Waals surface area contributed by atoms with Crippen molar-refractivity contribution >= 4 is 5.97 Å². The van der Waals surface area contributed by atoms with Gasteiger partial charge in [-0.25, -0.2) is 0 Å². The highest BCUT2D eigenvalue weighted by molar-refractivity contribution is 5.80. The Morgan fingerprint density at radius 1 is 0.692 bits per heavy atom. The van der Waals surface area contributed by atoms with Crippen LogP contribution in [0.15, 0.2) is 11.6 Å². The van der Waals surface area contributed by atoms with E-state index in [1.54, 1.807) is 0 Å². The molecule has 3 heterocycles. The van der Waals surface area contributed by atoms with Gasteiger partial charge in [-0.2, -0.15) is 0 Å². The van der Waals surface area contributed by atoms with Gasteiger partial charge in [0, 0.05) is 5.41 Å². The van der Waals surface area contributed by atoms with Crippen LogP contribution in [0.3, 0.4) is 0 Å². The first kappa shape index (κ1) is 50.0. The minimum atomic E-state index is -1.87. The summed E-state index contributed by atoms with van der Waals surface area (Å²) in [4.78, 5) is 15.2. The highest BCUT2D eigenvalue weighted by atomic mass is 16.8. The number of carbonyl (C=O) groups is 1. The third kappa shape index (κ3) is 7.53. The zero-order chi connectivity index (χ0) is 47.7. The fraction of sp³-hybridized carbons (Fsp3) is 0.936. The number of hydrogen-bond acceptors (Lipinski definition) is 18. The Balaban J connectivity index is 1.06. The number of hydrogen-bond donors (Lipinski definition) is 11. The average Bonchev–Trinajstić information content (AvgIpc) is 3.23. The summed E-state index contributed by atoms with van der Waals surface area (Å²) in [5.41, 5.74) is -2.95. The molecular formula is C47H76O18. The van der Waals surface area contributed by atoms with Crippen molar-refractivity contribution in [1.82, 2.24) is 0 Å². The van der Waals surface area contributed by atoms with Crippen LogP contribution in [0.1, 0.15) is 107 Å². The second kappa shape index (κ2) is 17.2. The summed E-state index contributed by atoms with van der Waals surface area (Å²) in [7, 11) is 0.